The second-order valence-corrected chi connectivity index (χ2v) is 8.97. The summed E-state index contributed by atoms with van der Waals surface area (Å²) in [7, 11) is 0. The van der Waals surface area contributed by atoms with Crippen LogP contribution in [0.1, 0.15) is 39.5 Å². The SMILES string of the molecule is N=C(C(=O)NCc1ccc2c(c1)NC(=O)CO2)c1[nH]cc(C(=O)N2CCC(c3ccccc3F)C2)c1N. The van der Waals surface area contributed by atoms with E-state index in [4.69, 9.17) is 15.9 Å². The Balaban J connectivity index is 1.22. The molecule has 1 fully saturated rings. The number of benzene rings is 2. The highest BCUT2D eigenvalue weighted by Gasteiger charge is 2.31. The molecule has 10 nitrogen and oxygen atoms in total. The number of anilines is 2. The summed E-state index contributed by atoms with van der Waals surface area (Å²) in [5.74, 6) is -1.16. The number of nitrogen functional groups attached to an aromatic ring is 1. The van der Waals surface area contributed by atoms with Crippen molar-refractivity contribution >= 4 is 34.8 Å². The van der Waals surface area contributed by atoms with Crippen LogP contribution in [0.25, 0.3) is 0 Å². The van der Waals surface area contributed by atoms with Gasteiger partial charge < -0.3 is 31.0 Å². The van der Waals surface area contributed by atoms with E-state index in [0.717, 1.165) is 0 Å². The van der Waals surface area contributed by atoms with Crippen LogP contribution in [0.15, 0.2) is 48.7 Å². The van der Waals surface area contributed by atoms with E-state index in [1.807, 2.05) is 0 Å². The Morgan fingerprint density at radius 1 is 1.24 bits per heavy atom. The molecule has 1 unspecified atom stereocenters. The van der Waals surface area contributed by atoms with E-state index in [2.05, 4.69) is 15.6 Å². The highest BCUT2D eigenvalue weighted by atomic mass is 19.1. The van der Waals surface area contributed by atoms with Crippen LogP contribution < -0.4 is 21.1 Å². The molecule has 5 rings (SSSR count). The van der Waals surface area contributed by atoms with E-state index < -0.39 is 11.6 Å². The number of ether oxygens (including phenoxy) is 1. The number of hydrogen-bond donors (Lipinski definition) is 5. The fourth-order valence-corrected chi connectivity index (χ4v) is 4.62. The van der Waals surface area contributed by atoms with E-state index >= 15 is 0 Å². The van der Waals surface area contributed by atoms with Crippen molar-refractivity contribution in [1.29, 1.82) is 5.41 Å². The Morgan fingerprint density at radius 3 is 2.86 bits per heavy atom. The number of nitrogens with one attached hydrogen (secondary N) is 4. The van der Waals surface area contributed by atoms with Crippen LogP contribution in [0.2, 0.25) is 0 Å². The number of fused-ring (bicyclic) bond motifs is 1. The average Bonchev–Trinajstić information content (AvgIpc) is 3.53. The number of halogens is 1. The molecule has 0 radical (unpaired) electrons. The van der Waals surface area contributed by atoms with Crippen molar-refractivity contribution in [3.8, 4) is 5.75 Å². The fourth-order valence-electron chi connectivity index (χ4n) is 4.62. The second-order valence-electron chi connectivity index (χ2n) is 8.97. The topological polar surface area (TPSA) is 153 Å². The molecule has 3 amide bonds. The largest absolute Gasteiger partial charge is 0.482 e. The number of rotatable bonds is 6. The Labute approximate surface area is 211 Å². The minimum Gasteiger partial charge on any atom is -0.482 e. The summed E-state index contributed by atoms with van der Waals surface area (Å²) in [6.45, 7) is 0.847. The number of nitrogens with zero attached hydrogens (tertiary/aromatic N) is 1. The predicted molar refractivity (Wildman–Crippen MR) is 134 cm³/mol. The first-order valence-corrected chi connectivity index (χ1v) is 11.7. The molecule has 3 aromatic rings. The smallest absolute Gasteiger partial charge is 0.271 e. The summed E-state index contributed by atoms with van der Waals surface area (Å²) in [6, 6.07) is 11.6. The molecule has 2 aromatic carbocycles. The molecular formula is C26H25FN6O4. The highest BCUT2D eigenvalue weighted by molar-refractivity contribution is 6.44. The number of nitrogens with two attached hydrogens (primary N) is 1. The van der Waals surface area contributed by atoms with Crippen molar-refractivity contribution in [3.63, 3.8) is 0 Å². The molecule has 0 spiro atoms. The Hall–Kier alpha value is -4.67. The van der Waals surface area contributed by atoms with Crippen molar-refractivity contribution in [2.75, 3.05) is 30.7 Å². The monoisotopic (exact) mass is 504 g/mol. The summed E-state index contributed by atoms with van der Waals surface area (Å²) in [5, 5.41) is 13.6. The maximum atomic E-state index is 14.2. The van der Waals surface area contributed by atoms with E-state index in [1.165, 1.54) is 12.3 Å². The summed E-state index contributed by atoms with van der Waals surface area (Å²) in [5.41, 5.74) is 7.73. The van der Waals surface area contributed by atoms with Crippen molar-refractivity contribution in [3.05, 3.63) is 76.9 Å². The van der Waals surface area contributed by atoms with Crippen molar-refractivity contribution in [1.82, 2.24) is 15.2 Å². The van der Waals surface area contributed by atoms with Crippen molar-refractivity contribution in [2.45, 2.75) is 18.9 Å². The number of aromatic amines is 1. The van der Waals surface area contributed by atoms with Gasteiger partial charge in [-0.3, -0.25) is 19.8 Å². The summed E-state index contributed by atoms with van der Waals surface area (Å²) in [6.07, 6.45) is 2.01. The van der Waals surface area contributed by atoms with E-state index in [-0.39, 0.29) is 53.6 Å². The van der Waals surface area contributed by atoms with Gasteiger partial charge in [0.1, 0.15) is 17.3 Å². The van der Waals surface area contributed by atoms with Gasteiger partial charge in [-0.05, 0) is 35.7 Å². The number of carbonyl (C=O) groups is 3. The molecule has 0 bridgehead atoms. The first kappa shape index (κ1) is 24.0. The number of amides is 3. The maximum Gasteiger partial charge on any atom is 0.271 e. The zero-order valence-corrected chi connectivity index (χ0v) is 19.8. The van der Waals surface area contributed by atoms with Gasteiger partial charge in [0.2, 0.25) is 0 Å². The summed E-state index contributed by atoms with van der Waals surface area (Å²) < 4.78 is 19.5. The van der Waals surface area contributed by atoms with Crippen LogP contribution in [0.4, 0.5) is 15.8 Å². The van der Waals surface area contributed by atoms with Gasteiger partial charge >= 0.3 is 0 Å². The predicted octanol–water partition coefficient (Wildman–Crippen LogP) is 2.38. The first-order valence-electron chi connectivity index (χ1n) is 11.7. The van der Waals surface area contributed by atoms with Gasteiger partial charge in [0.25, 0.3) is 17.7 Å². The molecule has 0 aliphatic carbocycles. The van der Waals surface area contributed by atoms with Crippen LogP contribution >= 0.6 is 0 Å². The van der Waals surface area contributed by atoms with Crippen LogP contribution in [0, 0.1) is 11.2 Å². The first-order chi connectivity index (χ1) is 17.8. The maximum absolute atomic E-state index is 14.2. The third-order valence-corrected chi connectivity index (χ3v) is 6.58. The minimum atomic E-state index is -0.689. The van der Waals surface area contributed by atoms with Gasteiger partial charge in [-0.25, -0.2) is 4.39 Å². The van der Waals surface area contributed by atoms with Crippen LogP contribution in [0.3, 0.4) is 0 Å². The van der Waals surface area contributed by atoms with Gasteiger partial charge in [0, 0.05) is 31.7 Å². The molecule has 2 aliphatic heterocycles. The zero-order chi connectivity index (χ0) is 26.1. The molecule has 1 aromatic heterocycles. The zero-order valence-electron chi connectivity index (χ0n) is 19.8. The number of likely N-dealkylation sites (tertiary alicyclic amines) is 1. The van der Waals surface area contributed by atoms with Crippen LogP contribution in [-0.2, 0) is 16.1 Å². The third kappa shape index (κ3) is 4.75. The highest BCUT2D eigenvalue weighted by Crippen LogP contribution is 2.31. The van der Waals surface area contributed by atoms with Gasteiger partial charge in [0.05, 0.1) is 22.6 Å². The van der Waals surface area contributed by atoms with Crippen molar-refractivity contribution in [2.24, 2.45) is 0 Å². The molecule has 6 N–H and O–H groups in total. The molecule has 2 aliphatic rings. The molecule has 3 heterocycles. The average molecular weight is 505 g/mol. The molecule has 1 saturated heterocycles. The Bertz CT molecular complexity index is 1420. The number of hydrogen-bond acceptors (Lipinski definition) is 6. The normalized spacial score (nSPS) is 16.5. The quantitative estimate of drug-likeness (QED) is 0.326. The van der Waals surface area contributed by atoms with Gasteiger partial charge in [-0.15, -0.1) is 0 Å². The minimum absolute atomic E-state index is 0.00753. The van der Waals surface area contributed by atoms with E-state index in [9.17, 15) is 18.8 Å². The van der Waals surface area contributed by atoms with Crippen molar-refractivity contribution < 1.29 is 23.5 Å². The molecule has 190 valence electrons. The van der Waals surface area contributed by atoms with E-state index in [1.54, 1.807) is 41.3 Å². The lowest BCUT2D eigenvalue weighted by molar-refractivity contribution is -0.118. The van der Waals surface area contributed by atoms with Crippen LogP contribution in [-0.4, -0.2) is 53.0 Å². The number of carbonyl (C=O) groups excluding carboxylic acids is 3. The summed E-state index contributed by atoms with van der Waals surface area (Å²) in [4.78, 5) is 41.6. The molecular weight excluding hydrogens is 479 g/mol. The second kappa shape index (κ2) is 9.76. The Kier molecular flexibility index (Phi) is 6.34. The number of H-pyrrole nitrogens is 1. The molecule has 37 heavy (non-hydrogen) atoms. The standard InChI is InChI=1S/C26H25FN6O4/c27-18-4-2-1-3-16(18)15-7-8-33(12-15)26(36)17-11-30-24(22(17)28)23(29)25(35)31-10-14-5-6-20-19(9-14)32-21(34)13-37-20/h1-6,9,11,15,29-30H,7-8,10,12-13,28H2,(H,31,35)(H,32,34). The van der Waals surface area contributed by atoms with Gasteiger partial charge in [-0.2, -0.15) is 0 Å². The van der Waals surface area contributed by atoms with Gasteiger partial charge in [-0.1, -0.05) is 24.3 Å². The third-order valence-electron chi connectivity index (χ3n) is 6.58. The summed E-state index contributed by atoms with van der Waals surface area (Å²) >= 11 is 0. The van der Waals surface area contributed by atoms with E-state index in [0.29, 0.717) is 42.1 Å². The molecule has 11 heteroatoms. The molecule has 1 atom stereocenters. The van der Waals surface area contributed by atoms with Crippen LogP contribution in [0.5, 0.6) is 5.75 Å². The Morgan fingerprint density at radius 2 is 2.05 bits per heavy atom. The lowest BCUT2D eigenvalue weighted by atomic mass is 9.98. The molecule has 0 saturated carbocycles. The van der Waals surface area contributed by atoms with Gasteiger partial charge in [0.15, 0.2) is 6.61 Å². The number of aromatic nitrogens is 1. The fraction of sp³-hybridized carbons (Fsp3) is 0.231. The lowest BCUT2D eigenvalue weighted by Crippen LogP contribution is -2.32. The lowest BCUT2D eigenvalue weighted by Gasteiger charge is -2.18.